The first kappa shape index (κ1) is 18.9. The van der Waals surface area contributed by atoms with Gasteiger partial charge in [-0.15, -0.1) is 11.3 Å². The van der Waals surface area contributed by atoms with Crippen LogP contribution in [0.2, 0.25) is 0 Å². The third-order valence-electron chi connectivity index (χ3n) is 3.99. The van der Waals surface area contributed by atoms with Crippen LogP contribution in [0.25, 0.3) is 0 Å². The average Bonchev–Trinajstić information content (AvgIpc) is 3.25. The number of carbonyl (C=O) groups is 2. The van der Waals surface area contributed by atoms with Gasteiger partial charge in [0.1, 0.15) is 10.3 Å². The van der Waals surface area contributed by atoms with Gasteiger partial charge in [-0.3, -0.25) is 4.79 Å². The van der Waals surface area contributed by atoms with Gasteiger partial charge in [0, 0.05) is 17.5 Å². The fourth-order valence-corrected chi connectivity index (χ4v) is 5.99. The van der Waals surface area contributed by atoms with Gasteiger partial charge < -0.3 is 10.4 Å². The fraction of sp³-hybridized carbons (Fsp3) is 0.250. The van der Waals surface area contributed by atoms with E-state index in [0.717, 1.165) is 11.3 Å². The van der Waals surface area contributed by atoms with Gasteiger partial charge in [0.15, 0.2) is 0 Å². The van der Waals surface area contributed by atoms with Gasteiger partial charge in [-0.1, -0.05) is 6.07 Å². The van der Waals surface area contributed by atoms with Crippen molar-refractivity contribution >= 4 is 51.6 Å². The van der Waals surface area contributed by atoms with E-state index in [1.54, 1.807) is 11.4 Å². The summed E-state index contributed by atoms with van der Waals surface area (Å²) in [5.41, 5.74) is 0.497. The summed E-state index contributed by atoms with van der Waals surface area (Å²) in [6, 6.07) is 7.95. The molecule has 0 saturated carbocycles. The van der Waals surface area contributed by atoms with Crippen LogP contribution in [0.1, 0.15) is 16.8 Å². The van der Waals surface area contributed by atoms with Crippen molar-refractivity contribution in [3.8, 4) is 0 Å². The minimum atomic E-state index is -3.77. The molecule has 1 saturated heterocycles. The lowest BCUT2D eigenvalue weighted by molar-refractivity contribution is -0.119. The van der Waals surface area contributed by atoms with E-state index >= 15 is 0 Å². The number of carboxylic acid groups (broad SMARTS) is 1. The van der Waals surface area contributed by atoms with E-state index in [1.165, 1.54) is 34.6 Å². The molecular weight excluding hydrogens is 396 g/mol. The molecule has 2 atom stereocenters. The van der Waals surface area contributed by atoms with Crippen LogP contribution in [-0.2, 0) is 14.8 Å². The van der Waals surface area contributed by atoms with Crippen molar-refractivity contribution in [1.82, 2.24) is 4.31 Å². The number of rotatable bonds is 5. The van der Waals surface area contributed by atoms with Crippen molar-refractivity contribution in [2.75, 3.05) is 11.9 Å². The van der Waals surface area contributed by atoms with Crippen molar-refractivity contribution in [2.45, 2.75) is 21.9 Å². The summed E-state index contributed by atoms with van der Waals surface area (Å²) in [5.74, 6) is -1.53. The van der Waals surface area contributed by atoms with Crippen LogP contribution in [-0.4, -0.2) is 47.5 Å². The zero-order valence-electron chi connectivity index (χ0n) is 13.4. The molecule has 1 fully saturated rings. The Morgan fingerprint density at radius 2 is 1.92 bits per heavy atom. The Balaban J connectivity index is 1.80. The van der Waals surface area contributed by atoms with E-state index in [0.29, 0.717) is 12.1 Å². The number of anilines is 1. The number of hydrogen-bond acceptors (Lipinski definition) is 6. The quantitative estimate of drug-likeness (QED) is 0.653. The number of hydrogen-bond donors (Lipinski definition) is 3. The molecule has 10 heteroatoms. The first-order valence-corrected chi connectivity index (χ1v) is 10.5. The van der Waals surface area contributed by atoms with E-state index in [1.807, 2.05) is 0 Å². The highest BCUT2D eigenvalue weighted by Gasteiger charge is 2.43. The number of nitrogens with one attached hydrogen (secondary N) is 1. The summed E-state index contributed by atoms with van der Waals surface area (Å²) in [6.45, 7) is 0.152. The van der Waals surface area contributed by atoms with Crippen LogP contribution >= 0.6 is 24.0 Å². The van der Waals surface area contributed by atoms with Crippen molar-refractivity contribution in [3.05, 3.63) is 47.3 Å². The Labute approximate surface area is 160 Å². The van der Waals surface area contributed by atoms with Crippen LogP contribution in [0.15, 0.2) is 46.0 Å². The smallest absolute Gasteiger partial charge is 0.335 e. The Hall–Kier alpha value is -1.88. The summed E-state index contributed by atoms with van der Waals surface area (Å²) < 4.78 is 26.9. The molecule has 3 rings (SSSR count). The summed E-state index contributed by atoms with van der Waals surface area (Å²) >= 11 is 5.45. The maximum atomic E-state index is 12.8. The van der Waals surface area contributed by atoms with E-state index < -0.39 is 27.9 Å². The molecule has 0 bridgehead atoms. The molecule has 2 aromatic rings. The first-order valence-electron chi connectivity index (χ1n) is 7.66. The highest BCUT2D eigenvalue weighted by molar-refractivity contribution is 7.91. The third kappa shape index (κ3) is 3.78. The van der Waals surface area contributed by atoms with Gasteiger partial charge in [0.05, 0.1) is 5.56 Å². The maximum Gasteiger partial charge on any atom is 0.335 e. The zero-order valence-corrected chi connectivity index (χ0v) is 15.9. The highest BCUT2D eigenvalue weighted by atomic mass is 32.2. The number of carbonyl (C=O) groups excluding carboxylic acids is 1. The molecule has 1 aromatic carbocycles. The minimum Gasteiger partial charge on any atom is -0.478 e. The second-order valence-corrected chi connectivity index (χ2v) is 9.58. The summed E-state index contributed by atoms with van der Waals surface area (Å²) in [5, 5.41) is 13.0. The molecule has 0 radical (unpaired) electrons. The molecule has 26 heavy (non-hydrogen) atoms. The van der Waals surface area contributed by atoms with E-state index in [-0.39, 0.29) is 21.6 Å². The number of thiol groups is 1. The Morgan fingerprint density at radius 3 is 2.50 bits per heavy atom. The minimum absolute atomic E-state index is 0.0983. The summed E-state index contributed by atoms with van der Waals surface area (Å²) in [4.78, 5) is 23.5. The van der Waals surface area contributed by atoms with Crippen LogP contribution in [0.3, 0.4) is 0 Å². The first-order chi connectivity index (χ1) is 12.3. The van der Waals surface area contributed by atoms with Crippen LogP contribution in [0.4, 0.5) is 5.69 Å². The number of benzene rings is 1. The lowest BCUT2D eigenvalue weighted by atomic mass is 10.2. The summed E-state index contributed by atoms with van der Waals surface area (Å²) in [7, 11) is -3.77. The predicted molar refractivity (Wildman–Crippen MR) is 101 cm³/mol. The Bertz CT molecular complexity index is 910. The highest BCUT2D eigenvalue weighted by Crippen LogP contribution is 2.31. The van der Waals surface area contributed by atoms with Crippen molar-refractivity contribution in [3.63, 3.8) is 0 Å². The number of aromatic carboxylic acids is 1. The largest absolute Gasteiger partial charge is 0.478 e. The summed E-state index contributed by atoms with van der Waals surface area (Å²) in [6.07, 6.45) is 0.298. The molecule has 2 heterocycles. The van der Waals surface area contributed by atoms with Gasteiger partial charge in [-0.2, -0.15) is 16.9 Å². The third-order valence-corrected chi connectivity index (χ3v) is 7.62. The van der Waals surface area contributed by atoms with Crippen LogP contribution in [0.5, 0.6) is 0 Å². The molecule has 1 aromatic heterocycles. The van der Waals surface area contributed by atoms with E-state index in [4.69, 9.17) is 5.11 Å². The molecule has 2 N–H and O–H groups in total. The van der Waals surface area contributed by atoms with Gasteiger partial charge in [0.25, 0.3) is 10.0 Å². The molecule has 0 spiro atoms. The second kappa shape index (κ2) is 7.39. The fourth-order valence-electron chi connectivity index (χ4n) is 2.74. The lowest BCUT2D eigenvalue weighted by Crippen LogP contribution is -2.42. The van der Waals surface area contributed by atoms with Crippen LogP contribution in [0, 0.1) is 0 Å². The monoisotopic (exact) mass is 412 g/mol. The molecule has 1 aliphatic heterocycles. The van der Waals surface area contributed by atoms with E-state index in [9.17, 15) is 18.0 Å². The molecule has 1 amide bonds. The predicted octanol–water partition coefficient (Wildman–Crippen LogP) is 2.15. The number of amides is 1. The van der Waals surface area contributed by atoms with Crippen molar-refractivity contribution in [1.29, 1.82) is 0 Å². The molecule has 0 aliphatic carbocycles. The topological polar surface area (TPSA) is 104 Å². The van der Waals surface area contributed by atoms with Gasteiger partial charge in [0.2, 0.25) is 5.91 Å². The number of sulfonamides is 1. The van der Waals surface area contributed by atoms with Gasteiger partial charge in [-0.25, -0.2) is 13.2 Å². The molecular formula is C16H16N2O5S3. The van der Waals surface area contributed by atoms with Crippen molar-refractivity contribution < 1.29 is 23.1 Å². The lowest BCUT2D eigenvalue weighted by Gasteiger charge is -2.22. The van der Waals surface area contributed by atoms with Crippen molar-refractivity contribution in [2.24, 2.45) is 0 Å². The number of thiophene rings is 1. The zero-order chi connectivity index (χ0) is 18.9. The standard InChI is InChI=1S/C16H16N2O5S3/c19-15(17-11-5-3-10(4-6-11)16(20)21)13-8-12(24)9-18(13)26(22,23)14-2-1-7-25-14/h1-7,12-13,24H,8-9H2,(H,17,19)(H,20,21). The Kier molecular flexibility index (Phi) is 5.37. The Morgan fingerprint density at radius 1 is 1.23 bits per heavy atom. The number of carboxylic acids is 1. The number of nitrogens with zero attached hydrogens (tertiary/aromatic N) is 1. The van der Waals surface area contributed by atoms with Gasteiger partial charge in [-0.05, 0) is 42.1 Å². The van der Waals surface area contributed by atoms with Crippen LogP contribution < -0.4 is 5.32 Å². The normalized spacial score (nSPS) is 20.8. The molecule has 7 nitrogen and oxygen atoms in total. The average molecular weight is 413 g/mol. The van der Waals surface area contributed by atoms with Gasteiger partial charge >= 0.3 is 5.97 Å². The SMILES string of the molecule is O=C(O)c1ccc(NC(=O)C2CC(S)CN2S(=O)(=O)c2cccs2)cc1. The molecule has 1 aliphatic rings. The van der Waals surface area contributed by atoms with E-state index in [2.05, 4.69) is 17.9 Å². The molecule has 2 unspecified atom stereocenters. The molecule has 138 valence electrons. The maximum absolute atomic E-state index is 12.8. The second-order valence-electron chi connectivity index (χ2n) is 5.78.